The molecule has 1 aromatic carbocycles. The minimum atomic E-state index is -2.92. The van der Waals surface area contributed by atoms with Gasteiger partial charge in [-0.15, -0.1) is 0 Å². The molecular formula is C18H24F2N4O3S. The van der Waals surface area contributed by atoms with Gasteiger partial charge in [0.1, 0.15) is 0 Å². The maximum atomic E-state index is 12.6. The number of nitrogens with zero attached hydrogens (tertiary/aromatic N) is 3. The molecule has 0 amide bonds. The second kappa shape index (κ2) is 9.94. The van der Waals surface area contributed by atoms with Gasteiger partial charge in [-0.2, -0.15) is 13.9 Å². The number of aromatic nitrogens is 3. The third-order valence-corrected chi connectivity index (χ3v) is 4.75. The minimum Gasteiger partial charge on any atom is -0.490 e. The van der Waals surface area contributed by atoms with Gasteiger partial charge in [0.2, 0.25) is 0 Å². The second-order valence-electron chi connectivity index (χ2n) is 6.28. The molecule has 2 heterocycles. The molecule has 0 aliphatic carbocycles. The Labute approximate surface area is 167 Å². The van der Waals surface area contributed by atoms with Gasteiger partial charge in [0.15, 0.2) is 22.1 Å². The summed E-state index contributed by atoms with van der Waals surface area (Å²) < 4.78 is 43.0. The van der Waals surface area contributed by atoms with Crippen LogP contribution in [0.2, 0.25) is 0 Å². The predicted octanol–water partition coefficient (Wildman–Crippen LogP) is 3.33. The molecule has 1 aliphatic heterocycles. The number of alkyl halides is 2. The lowest BCUT2D eigenvalue weighted by Crippen LogP contribution is -2.37. The molecule has 0 radical (unpaired) electrons. The lowest BCUT2D eigenvalue weighted by atomic mass is 10.2. The quantitative estimate of drug-likeness (QED) is 0.635. The number of rotatable bonds is 9. The molecule has 154 valence electrons. The van der Waals surface area contributed by atoms with E-state index in [1.807, 2.05) is 4.57 Å². The molecule has 0 bridgehead atoms. The van der Waals surface area contributed by atoms with Crippen LogP contribution in [0, 0.1) is 4.77 Å². The number of aromatic amines is 1. The highest BCUT2D eigenvalue weighted by Crippen LogP contribution is 2.33. The molecule has 10 heteroatoms. The number of halogens is 2. The van der Waals surface area contributed by atoms with E-state index in [2.05, 4.69) is 19.8 Å². The van der Waals surface area contributed by atoms with Gasteiger partial charge in [0.05, 0.1) is 19.8 Å². The topological polar surface area (TPSA) is 64.5 Å². The zero-order chi connectivity index (χ0) is 19.9. The first-order chi connectivity index (χ1) is 13.6. The average molecular weight is 414 g/mol. The van der Waals surface area contributed by atoms with Crippen LogP contribution in [-0.4, -0.2) is 65.7 Å². The summed E-state index contributed by atoms with van der Waals surface area (Å²) in [6, 6.07) is 4.77. The van der Waals surface area contributed by atoms with Gasteiger partial charge in [0, 0.05) is 31.7 Å². The van der Waals surface area contributed by atoms with Crippen molar-refractivity contribution in [1.82, 2.24) is 19.7 Å². The van der Waals surface area contributed by atoms with Gasteiger partial charge in [-0.3, -0.25) is 10.00 Å². The summed E-state index contributed by atoms with van der Waals surface area (Å²) >= 11 is 5.37. The van der Waals surface area contributed by atoms with Crippen molar-refractivity contribution < 1.29 is 23.0 Å². The molecular weight excluding hydrogens is 390 g/mol. The standard InChI is InChI=1S/C18H24F2N4O3S/c1-2-26-15-12-13(4-5-14(15)27-17(19)20)16-21-22-18(28)24(16)7-3-6-23-8-10-25-11-9-23/h4-5,12,17H,2-3,6-11H2,1H3,(H,22,28). The normalized spacial score (nSPS) is 15.1. The van der Waals surface area contributed by atoms with Crippen LogP contribution in [-0.2, 0) is 11.3 Å². The van der Waals surface area contributed by atoms with Crippen LogP contribution in [0.5, 0.6) is 11.5 Å². The fraction of sp³-hybridized carbons (Fsp3) is 0.556. The molecule has 3 rings (SSSR count). The van der Waals surface area contributed by atoms with Crippen molar-refractivity contribution in [2.45, 2.75) is 26.5 Å². The number of benzene rings is 1. The average Bonchev–Trinajstić information content (AvgIpc) is 3.04. The van der Waals surface area contributed by atoms with E-state index in [1.54, 1.807) is 19.1 Å². The van der Waals surface area contributed by atoms with Crippen LogP contribution in [0.25, 0.3) is 11.4 Å². The molecule has 28 heavy (non-hydrogen) atoms. The zero-order valence-electron chi connectivity index (χ0n) is 15.7. The largest absolute Gasteiger partial charge is 0.490 e. The van der Waals surface area contributed by atoms with Gasteiger partial charge >= 0.3 is 6.61 Å². The van der Waals surface area contributed by atoms with Crippen molar-refractivity contribution in [2.24, 2.45) is 0 Å². The maximum absolute atomic E-state index is 12.6. The predicted molar refractivity (Wildman–Crippen MR) is 103 cm³/mol. The molecule has 0 spiro atoms. The van der Waals surface area contributed by atoms with E-state index in [0.29, 0.717) is 29.3 Å². The van der Waals surface area contributed by atoms with Crippen LogP contribution in [0.1, 0.15) is 13.3 Å². The Morgan fingerprint density at radius 1 is 1.25 bits per heavy atom. The van der Waals surface area contributed by atoms with Crippen molar-refractivity contribution in [3.63, 3.8) is 0 Å². The lowest BCUT2D eigenvalue weighted by Gasteiger charge is -2.26. The summed E-state index contributed by atoms with van der Waals surface area (Å²) in [4.78, 5) is 2.36. The van der Waals surface area contributed by atoms with E-state index in [0.717, 1.165) is 39.3 Å². The number of morpholine rings is 1. The lowest BCUT2D eigenvalue weighted by molar-refractivity contribution is -0.0514. The summed E-state index contributed by atoms with van der Waals surface area (Å²) in [5, 5.41) is 7.12. The third-order valence-electron chi connectivity index (χ3n) is 4.44. The molecule has 7 nitrogen and oxygen atoms in total. The summed E-state index contributed by atoms with van der Waals surface area (Å²) in [7, 11) is 0. The van der Waals surface area contributed by atoms with E-state index in [-0.39, 0.29) is 11.5 Å². The first-order valence-corrected chi connectivity index (χ1v) is 9.66. The molecule has 2 aromatic rings. The van der Waals surface area contributed by atoms with E-state index >= 15 is 0 Å². The van der Waals surface area contributed by atoms with Crippen LogP contribution in [0.3, 0.4) is 0 Å². The van der Waals surface area contributed by atoms with Gasteiger partial charge in [-0.05, 0) is 43.8 Å². The number of hydrogen-bond acceptors (Lipinski definition) is 6. The van der Waals surface area contributed by atoms with Crippen molar-refractivity contribution >= 4 is 12.2 Å². The zero-order valence-corrected chi connectivity index (χ0v) is 16.5. The van der Waals surface area contributed by atoms with Crippen LogP contribution in [0.4, 0.5) is 8.78 Å². The third kappa shape index (κ3) is 5.27. The Kier molecular flexibility index (Phi) is 7.35. The van der Waals surface area contributed by atoms with Gasteiger partial charge in [-0.1, -0.05) is 0 Å². The molecule has 0 unspecified atom stereocenters. The van der Waals surface area contributed by atoms with E-state index in [4.69, 9.17) is 21.7 Å². The SMILES string of the molecule is CCOc1cc(-c2n[nH]c(=S)n2CCCN2CCOCC2)ccc1OC(F)F. The number of H-pyrrole nitrogens is 1. The second-order valence-corrected chi connectivity index (χ2v) is 6.67. The van der Waals surface area contributed by atoms with Crippen molar-refractivity contribution in [3.8, 4) is 22.9 Å². The van der Waals surface area contributed by atoms with E-state index < -0.39 is 6.61 Å². The summed E-state index contributed by atoms with van der Waals surface area (Å²) in [6.07, 6.45) is 0.908. The Bertz CT molecular complexity index is 821. The summed E-state index contributed by atoms with van der Waals surface area (Å²) in [6.45, 7) is 4.24. The summed E-state index contributed by atoms with van der Waals surface area (Å²) in [5.74, 6) is 0.874. The molecule has 1 saturated heterocycles. The number of nitrogens with one attached hydrogen (secondary N) is 1. The van der Waals surface area contributed by atoms with Crippen LogP contribution < -0.4 is 9.47 Å². The number of ether oxygens (including phenoxy) is 3. The van der Waals surface area contributed by atoms with Gasteiger partial charge < -0.3 is 18.8 Å². The fourth-order valence-electron chi connectivity index (χ4n) is 3.13. The highest BCUT2D eigenvalue weighted by Gasteiger charge is 2.16. The Morgan fingerprint density at radius 3 is 2.75 bits per heavy atom. The maximum Gasteiger partial charge on any atom is 0.387 e. The van der Waals surface area contributed by atoms with Gasteiger partial charge in [0.25, 0.3) is 0 Å². The Balaban J connectivity index is 1.76. The van der Waals surface area contributed by atoms with E-state index in [1.165, 1.54) is 6.07 Å². The molecule has 1 aromatic heterocycles. The van der Waals surface area contributed by atoms with Crippen molar-refractivity contribution in [2.75, 3.05) is 39.5 Å². The smallest absolute Gasteiger partial charge is 0.387 e. The van der Waals surface area contributed by atoms with Gasteiger partial charge in [-0.25, -0.2) is 0 Å². The molecule has 1 N–H and O–H groups in total. The number of hydrogen-bond donors (Lipinski definition) is 1. The Hall–Kier alpha value is -2.04. The molecule has 0 atom stereocenters. The highest BCUT2D eigenvalue weighted by molar-refractivity contribution is 7.71. The van der Waals surface area contributed by atoms with Crippen LogP contribution >= 0.6 is 12.2 Å². The summed E-state index contributed by atoms with van der Waals surface area (Å²) in [5.41, 5.74) is 0.712. The molecule has 1 fully saturated rings. The molecule has 1 aliphatic rings. The molecule has 0 saturated carbocycles. The van der Waals surface area contributed by atoms with Crippen molar-refractivity contribution in [3.05, 3.63) is 23.0 Å². The first-order valence-electron chi connectivity index (χ1n) is 9.26. The Morgan fingerprint density at radius 2 is 2.04 bits per heavy atom. The highest BCUT2D eigenvalue weighted by atomic mass is 32.1. The monoisotopic (exact) mass is 414 g/mol. The van der Waals surface area contributed by atoms with Crippen molar-refractivity contribution in [1.29, 1.82) is 0 Å². The first kappa shape index (κ1) is 20.7. The minimum absolute atomic E-state index is 0.00593. The fourth-order valence-corrected chi connectivity index (χ4v) is 3.35. The van der Waals surface area contributed by atoms with Crippen LogP contribution in [0.15, 0.2) is 18.2 Å². The van der Waals surface area contributed by atoms with E-state index in [9.17, 15) is 8.78 Å².